The average molecular weight is 260 g/mol. The highest BCUT2D eigenvalue weighted by molar-refractivity contribution is 5.29. The van der Waals surface area contributed by atoms with Crippen LogP contribution in [0, 0.1) is 0 Å². The van der Waals surface area contributed by atoms with Gasteiger partial charge in [0, 0.05) is 13.1 Å². The number of hydrogen-bond acceptors (Lipinski definition) is 4. The number of aryl methyl sites for hydroxylation is 1. The molecule has 0 radical (unpaired) electrons. The molecule has 5 nitrogen and oxygen atoms in total. The third kappa shape index (κ3) is 3.79. The van der Waals surface area contributed by atoms with Crippen molar-refractivity contribution >= 4 is 0 Å². The maximum atomic E-state index is 5.96. The Morgan fingerprint density at radius 3 is 2.95 bits per heavy atom. The summed E-state index contributed by atoms with van der Waals surface area (Å²) in [4.78, 5) is 4.12. The summed E-state index contributed by atoms with van der Waals surface area (Å²) in [7, 11) is 1.85. The van der Waals surface area contributed by atoms with E-state index in [0.29, 0.717) is 6.61 Å². The Hall–Kier alpha value is -1.88. The average Bonchev–Trinajstić information content (AvgIpc) is 2.82. The minimum atomic E-state index is 0.203. The zero-order valence-corrected chi connectivity index (χ0v) is 11.4. The van der Waals surface area contributed by atoms with E-state index in [2.05, 4.69) is 23.1 Å². The van der Waals surface area contributed by atoms with Crippen LogP contribution in [-0.2, 0) is 20.1 Å². The van der Waals surface area contributed by atoms with Crippen LogP contribution < -0.4 is 10.5 Å². The Labute approximate surface area is 113 Å². The zero-order chi connectivity index (χ0) is 13.7. The molecular weight excluding hydrogens is 240 g/mol. The molecule has 0 aliphatic rings. The zero-order valence-electron chi connectivity index (χ0n) is 11.4. The fourth-order valence-electron chi connectivity index (χ4n) is 1.81. The quantitative estimate of drug-likeness (QED) is 0.858. The molecule has 0 amide bonds. The Morgan fingerprint density at radius 2 is 2.26 bits per heavy atom. The number of hydrogen-bond donors (Lipinski definition) is 1. The first-order valence-corrected chi connectivity index (χ1v) is 6.49. The number of nitrogens with zero attached hydrogens (tertiary/aromatic N) is 3. The molecule has 1 heterocycles. The first-order valence-electron chi connectivity index (χ1n) is 6.49. The van der Waals surface area contributed by atoms with Crippen molar-refractivity contribution < 1.29 is 4.74 Å². The standard InChI is InChI=1S/C14H20N4O/c1-3-12(15)7-11-5-4-6-13(8-11)19-9-14-16-10-17-18(14)2/h4-6,8,10,12H,3,7,9,15H2,1-2H3. The van der Waals surface area contributed by atoms with Gasteiger partial charge in [-0.1, -0.05) is 19.1 Å². The predicted molar refractivity (Wildman–Crippen MR) is 73.7 cm³/mol. The lowest BCUT2D eigenvalue weighted by Gasteiger charge is -2.10. The Kier molecular flexibility index (Phi) is 4.52. The van der Waals surface area contributed by atoms with E-state index >= 15 is 0 Å². The summed E-state index contributed by atoms with van der Waals surface area (Å²) in [6, 6.07) is 8.24. The second-order valence-electron chi connectivity index (χ2n) is 4.61. The molecule has 0 saturated heterocycles. The van der Waals surface area contributed by atoms with Crippen molar-refractivity contribution in [2.24, 2.45) is 12.8 Å². The highest BCUT2D eigenvalue weighted by Gasteiger charge is 2.04. The van der Waals surface area contributed by atoms with Gasteiger partial charge < -0.3 is 10.5 Å². The fraction of sp³-hybridized carbons (Fsp3) is 0.429. The van der Waals surface area contributed by atoms with Crippen LogP contribution in [0.25, 0.3) is 0 Å². The third-order valence-corrected chi connectivity index (χ3v) is 3.09. The molecule has 1 aromatic heterocycles. The molecule has 2 aromatic rings. The van der Waals surface area contributed by atoms with E-state index in [9.17, 15) is 0 Å². The van der Waals surface area contributed by atoms with Gasteiger partial charge in [0.25, 0.3) is 0 Å². The Bertz CT molecular complexity index is 524. The summed E-state index contributed by atoms with van der Waals surface area (Å²) in [5, 5.41) is 4.01. The van der Waals surface area contributed by atoms with Crippen molar-refractivity contribution in [1.29, 1.82) is 0 Å². The highest BCUT2D eigenvalue weighted by Crippen LogP contribution is 2.16. The van der Waals surface area contributed by atoms with Crippen LogP contribution in [0.15, 0.2) is 30.6 Å². The largest absolute Gasteiger partial charge is 0.486 e. The van der Waals surface area contributed by atoms with Gasteiger partial charge >= 0.3 is 0 Å². The van der Waals surface area contributed by atoms with Crippen LogP contribution in [0.1, 0.15) is 24.7 Å². The first kappa shape index (κ1) is 13.5. The molecule has 1 unspecified atom stereocenters. The summed E-state index contributed by atoms with van der Waals surface area (Å²) >= 11 is 0. The molecule has 0 fully saturated rings. The van der Waals surface area contributed by atoms with Crippen molar-refractivity contribution in [2.45, 2.75) is 32.4 Å². The molecular formula is C14H20N4O. The number of nitrogens with two attached hydrogens (primary N) is 1. The number of rotatable bonds is 6. The second kappa shape index (κ2) is 6.33. The normalized spacial score (nSPS) is 12.4. The number of aromatic nitrogens is 3. The molecule has 1 aromatic carbocycles. The topological polar surface area (TPSA) is 66.0 Å². The minimum absolute atomic E-state index is 0.203. The first-order chi connectivity index (χ1) is 9.19. The van der Waals surface area contributed by atoms with Gasteiger partial charge in [-0.3, -0.25) is 4.68 Å². The molecule has 0 bridgehead atoms. The van der Waals surface area contributed by atoms with Gasteiger partial charge in [0.1, 0.15) is 18.7 Å². The summed E-state index contributed by atoms with van der Waals surface area (Å²) in [6.45, 7) is 2.51. The van der Waals surface area contributed by atoms with Crippen LogP contribution >= 0.6 is 0 Å². The molecule has 19 heavy (non-hydrogen) atoms. The molecule has 5 heteroatoms. The van der Waals surface area contributed by atoms with E-state index < -0.39 is 0 Å². The smallest absolute Gasteiger partial charge is 0.164 e. The number of benzene rings is 1. The summed E-state index contributed by atoms with van der Waals surface area (Å²) in [6.07, 6.45) is 3.37. The molecule has 1 atom stereocenters. The van der Waals surface area contributed by atoms with E-state index in [0.717, 1.165) is 24.4 Å². The molecule has 0 saturated carbocycles. The van der Waals surface area contributed by atoms with Crippen LogP contribution in [0.2, 0.25) is 0 Å². The molecule has 0 aliphatic carbocycles. The molecule has 0 spiro atoms. The molecule has 2 N–H and O–H groups in total. The van der Waals surface area contributed by atoms with E-state index in [1.165, 1.54) is 11.9 Å². The van der Waals surface area contributed by atoms with Gasteiger partial charge in [0.2, 0.25) is 0 Å². The second-order valence-corrected chi connectivity index (χ2v) is 4.61. The van der Waals surface area contributed by atoms with Crippen molar-refractivity contribution in [1.82, 2.24) is 14.8 Å². The van der Waals surface area contributed by atoms with Crippen LogP contribution in [0.4, 0.5) is 0 Å². The van der Waals surface area contributed by atoms with Gasteiger partial charge in [-0.05, 0) is 30.5 Å². The van der Waals surface area contributed by atoms with Gasteiger partial charge in [-0.2, -0.15) is 5.10 Å². The van der Waals surface area contributed by atoms with Gasteiger partial charge in [0.15, 0.2) is 5.82 Å². The van der Waals surface area contributed by atoms with Crippen molar-refractivity contribution in [3.8, 4) is 5.75 Å². The van der Waals surface area contributed by atoms with Gasteiger partial charge in [0.05, 0.1) is 0 Å². The number of ether oxygens (including phenoxy) is 1. The summed E-state index contributed by atoms with van der Waals surface area (Å²) < 4.78 is 7.43. The maximum Gasteiger partial charge on any atom is 0.164 e. The lowest BCUT2D eigenvalue weighted by atomic mass is 10.0. The molecule has 0 aliphatic heterocycles. The molecule has 102 valence electrons. The van der Waals surface area contributed by atoms with Crippen LogP contribution in [0.5, 0.6) is 5.75 Å². The van der Waals surface area contributed by atoms with Gasteiger partial charge in [-0.15, -0.1) is 0 Å². The minimum Gasteiger partial charge on any atom is -0.486 e. The highest BCUT2D eigenvalue weighted by atomic mass is 16.5. The SMILES string of the molecule is CCC(N)Cc1cccc(OCc2ncnn2C)c1. The monoisotopic (exact) mass is 260 g/mol. The Morgan fingerprint density at radius 1 is 1.42 bits per heavy atom. The van der Waals surface area contributed by atoms with E-state index in [1.54, 1.807) is 4.68 Å². The fourth-order valence-corrected chi connectivity index (χ4v) is 1.81. The molecule has 2 rings (SSSR count). The lowest BCUT2D eigenvalue weighted by molar-refractivity contribution is 0.289. The van der Waals surface area contributed by atoms with Crippen LogP contribution in [-0.4, -0.2) is 20.8 Å². The van der Waals surface area contributed by atoms with Crippen molar-refractivity contribution in [3.05, 3.63) is 42.0 Å². The third-order valence-electron chi connectivity index (χ3n) is 3.09. The van der Waals surface area contributed by atoms with Crippen LogP contribution in [0.3, 0.4) is 0 Å². The summed E-state index contributed by atoms with van der Waals surface area (Å²) in [5.74, 6) is 1.64. The van der Waals surface area contributed by atoms with E-state index in [-0.39, 0.29) is 6.04 Å². The predicted octanol–water partition coefficient (Wildman–Crippen LogP) is 1.67. The summed E-state index contributed by atoms with van der Waals surface area (Å²) in [5.41, 5.74) is 7.16. The van der Waals surface area contributed by atoms with Crippen molar-refractivity contribution in [2.75, 3.05) is 0 Å². The van der Waals surface area contributed by atoms with E-state index in [1.807, 2.05) is 25.2 Å². The Balaban J connectivity index is 1.97. The lowest BCUT2D eigenvalue weighted by Crippen LogP contribution is -2.21. The maximum absolute atomic E-state index is 5.96. The van der Waals surface area contributed by atoms with Gasteiger partial charge in [-0.25, -0.2) is 4.98 Å². The van der Waals surface area contributed by atoms with Crippen molar-refractivity contribution in [3.63, 3.8) is 0 Å². The van der Waals surface area contributed by atoms with E-state index in [4.69, 9.17) is 10.5 Å².